The molecule has 0 aromatic carbocycles. The van der Waals surface area contributed by atoms with Crippen molar-refractivity contribution in [3.8, 4) is 0 Å². The van der Waals surface area contributed by atoms with E-state index in [0.717, 1.165) is 37.9 Å². The first kappa shape index (κ1) is 12.6. The van der Waals surface area contributed by atoms with Crippen molar-refractivity contribution in [2.75, 3.05) is 13.2 Å². The van der Waals surface area contributed by atoms with Crippen molar-refractivity contribution in [2.24, 2.45) is 28.6 Å². The number of hydrogen-bond donors (Lipinski definition) is 1. The van der Waals surface area contributed by atoms with Gasteiger partial charge in [-0.15, -0.1) is 0 Å². The minimum Gasteiger partial charge on any atom is -0.392 e. The van der Waals surface area contributed by atoms with E-state index in [9.17, 15) is 5.11 Å². The smallest absolute Gasteiger partial charge is 0.0626 e. The van der Waals surface area contributed by atoms with Crippen molar-refractivity contribution in [1.29, 1.82) is 0 Å². The van der Waals surface area contributed by atoms with E-state index in [1.807, 2.05) is 0 Å². The van der Waals surface area contributed by atoms with E-state index in [1.54, 1.807) is 0 Å². The van der Waals surface area contributed by atoms with Gasteiger partial charge >= 0.3 is 0 Å². The van der Waals surface area contributed by atoms with Gasteiger partial charge in [0.1, 0.15) is 0 Å². The van der Waals surface area contributed by atoms with E-state index in [4.69, 9.17) is 4.74 Å². The number of aliphatic hydroxyl groups excluding tert-OH is 1. The van der Waals surface area contributed by atoms with Gasteiger partial charge in [-0.1, -0.05) is 6.92 Å². The molecule has 2 heteroatoms. The molecule has 0 aromatic rings. The van der Waals surface area contributed by atoms with Crippen molar-refractivity contribution < 1.29 is 9.84 Å². The summed E-state index contributed by atoms with van der Waals surface area (Å²) < 4.78 is 5.48. The van der Waals surface area contributed by atoms with Crippen LogP contribution in [-0.4, -0.2) is 24.4 Å². The molecule has 4 bridgehead atoms. The van der Waals surface area contributed by atoms with Crippen LogP contribution in [0.1, 0.15) is 58.3 Å². The fraction of sp³-hybridized carbons (Fsp3) is 1.00. The van der Waals surface area contributed by atoms with Crippen LogP contribution in [0.2, 0.25) is 0 Å². The van der Waals surface area contributed by atoms with E-state index in [2.05, 4.69) is 6.92 Å². The van der Waals surface area contributed by atoms with Gasteiger partial charge in [0, 0.05) is 13.2 Å². The Hall–Kier alpha value is -0.0800. The summed E-state index contributed by atoms with van der Waals surface area (Å²) in [6.45, 7) is 4.22. The zero-order valence-electron chi connectivity index (χ0n) is 12.2. The van der Waals surface area contributed by atoms with Gasteiger partial charge in [0.2, 0.25) is 0 Å². The molecule has 108 valence electrons. The maximum Gasteiger partial charge on any atom is 0.0626 e. The van der Waals surface area contributed by atoms with Crippen LogP contribution in [0, 0.1) is 28.6 Å². The van der Waals surface area contributed by atoms with Crippen LogP contribution < -0.4 is 0 Å². The summed E-state index contributed by atoms with van der Waals surface area (Å²) in [6, 6.07) is 0. The lowest BCUT2D eigenvalue weighted by Gasteiger charge is -2.63. The molecule has 5 aliphatic rings. The topological polar surface area (TPSA) is 29.5 Å². The van der Waals surface area contributed by atoms with Crippen LogP contribution in [0.5, 0.6) is 0 Å². The van der Waals surface area contributed by atoms with Crippen LogP contribution in [0.4, 0.5) is 0 Å². The Morgan fingerprint density at radius 2 is 1.68 bits per heavy atom. The van der Waals surface area contributed by atoms with Crippen LogP contribution in [-0.2, 0) is 4.74 Å². The summed E-state index contributed by atoms with van der Waals surface area (Å²) in [4.78, 5) is 0. The Labute approximate surface area is 116 Å². The number of ether oxygens (including phenoxy) is 1. The minimum absolute atomic E-state index is 0.0541. The van der Waals surface area contributed by atoms with Gasteiger partial charge in [-0.2, -0.15) is 0 Å². The maximum atomic E-state index is 11.1. The second-order valence-electron chi connectivity index (χ2n) is 8.53. The molecule has 1 heterocycles. The first-order chi connectivity index (χ1) is 9.09. The van der Waals surface area contributed by atoms with Crippen molar-refractivity contribution in [3.05, 3.63) is 0 Å². The largest absolute Gasteiger partial charge is 0.392 e. The highest BCUT2D eigenvalue weighted by molar-refractivity contribution is 5.09. The molecular weight excluding hydrogens is 236 g/mol. The van der Waals surface area contributed by atoms with Gasteiger partial charge in [0.25, 0.3) is 0 Å². The molecule has 0 aromatic heterocycles. The number of hydrogen-bond acceptors (Lipinski definition) is 2. The Bertz CT molecular complexity index is 344. The molecule has 4 saturated carbocycles. The summed E-state index contributed by atoms with van der Waals surface area (Å²) in [5.74, 6) is 2.34. The molecule has 1 N–H and O–H groups in total. The maximum absolute atomic E-state index is 11.1. The van der Waals surface area contributed by atoms with Crippen molar-refractivity contribution >= 4 is 0 Å². The highest BCUT2D eigenvalue weighted by atomic mass is 16.5. The van der Waals surface area contributed by atoms with Gasteiger partial charge in [-0.25, -0.2) is 0 Å². The lowest BCUT2D eigenvalue weighted by molar-refractivity contribution is -0.174. The first-order valence-corrected chi connectivity index (χ1v) is 8.34. The van der Waals surface area contributed by atoms with Crippen LogP contribution >= 0.6 is 0 Å². The molecule has 0 amide bonds. The Kier molecular flexibility index (Phi) is 2.80. The van der Waals surface area contributed by atoms with Gasteiger partial charge < -0.3 is 9.84 Å². The summed E-state index contributed by atoms with van der Waals surface area (Å²) in [6.07, 6.45) is 10.4. The standard InChI is InChI=1S/C17H28O2/c1-16-7-12-6-13(8-16)10-17(9-12,11-16)15(18)14-2-4-19-5-3-14/h12-15,18H,2-11H2,1H3. The average Bonchev–Trinajstić information content (AvgIpc) is 2.36. The molecule has 0 spiro atoms. The van der Waals surface area contributed by atoms with Gasteiger partial charge in [-0.3, -0.25) is 0 Å². The average molecular weight is 264 g/mol. The van der Waals surface area contributed by atoms with Crippen LogP contribution in [0.3, 0.4) is 0 Å². The molecule has 3 unspecified atom stereocenters. The highest BCUT2D eigenvalue weighted by Gasteiger charge is 2.59. The number of aliphatic hydroxyl groups is 1. The van der Waals surface area contributed by atoms with Crippen molar-refractivity contribution in [2.45, 2.75) is 64.4 Å². The van der Waals surface area contributed by atoms with E-state index >= 15 is 0 Å². The van der Waals surface area contributed by atoms with Gasteiger partial charge in [0.15, 0.2) is 0 Å². The summed E-state index contributed by atoms with van der Waals surface area (Å²) in [7, 11) is 0. The second kappa shape index (κ2) is 4.21. The fourth-order valence-electron chi connectivity index (χ4n) is 6.68. The molecule has 0 radical (unpaired) electrons. The molecule has 5 fully saturated rings. The first-order valence-electron chi connectivity index (χ1n) is 8.34. The third kappa shape index (κ3) is 1.98. The van der Waals surface area contributed by atoms with Crippen LogP contribution in [0.15, 0.2) is 0 Å². The Morgan fingerprint density at radius 3 is 2.26 bits per heavy atom. The van der Waals surface area contributed by atoms with Gasteiger partial charge in [-0.05, 0) is 80.0 Å². The molecule has 5 rings (SSSR count). The van der Waals surface area contributed by atoms with E-state index in [-0.39, 0.29) is 11.5 Å². The Morgan fingerprint density at radius 1 is 1.05 bits per heavy atom. The fourth-order valence-corrected chi connectivity index (χ4v) is 6.68. The normalized spacial score (nSPS) is 51.5. The van der Waals surface area contributed by atoms with Crippen molar-refractivity contribution in [1.82, 2.24) is 0 Å². The van der Waals surface area contributed by atoms with Gasteiger partial charge in [0.05, 0.1) is 6.10 Å². The molecule has 4 aliphatic carbocycles. The number of rotatable bonds is 2. The lowest BCUT2D eigenvalue weighted by Crippen LogP contribution is -2.57. The molecule has 1 saturated heterocycles. The van der Waals surface area contributed by atoms with Crippen LogP contribution in [0.25, 0.3) is 0 Å². The quantitative estimate of drug-likeness (QED) is 0.828. The predicted octanol–water partition coefficient (Wildman–Crippen LogP) is 3.38. The monoisotopic (exact) mass is 264 g/mol. The second-order valence-corrected chi connectivity index (χ2v) is 8.53. The zero-order chi connectivity index (χ0) is 13.1. The summed E-state index contributed by atoms with van der Waals surface area (Å²) in [5, 5.41) is 11.1. The van der Waals surface area contributed by atoms with E-state index in [0.29, 0.717) is 11.3 Å². The molecular formula is C17H28O2. The van der Waals surface area contributed by atoms with Crippen molar-refractivity contribution in [3.63, 3.8) is 0 Å². The van der Waals surface area contributed by atoms with E-state index in [1.165, 1.54) is 38.5 Å². The zero-order valence-corrected chi connectivity index (χ0v) is 12.2. The molecule has 1 aliphatic heterocycles. The van der Waals surface area contributed by atoms with E-state index < -0.39 is 0 Å². The molecule has 19 heavy (non-hydrogen) atoms. The third-order valence-electron chi connectivity index (χ3n) is 6.74. The predicted molar refractivity (Wildman–Crippen MR) is 74.8 cm³/mol. The Balaban J connectivity index is 1.59. The highest BCUT2D eigenvalue weighted by Crippen LogP contribution is 2.66. The lowest BCUT2D eigenvalue weighted by atomic mass is 9.42. The SMILES string of the molecule is CC12CC3CC(C1)CC(C(O)C1CCOCC1)(C3)C2. The molecule has 2 nitrogen and oxygen atoms in total. The third-order valence-corrected chi connectivity index (χ3v) is 6.74. The summed E-state index contributed by atoms with van der Waals surface area (Å²) >= 11 is 0. The summed E-state index contributed by atoms with van der Waals surface area (Å²) in [5.41, 5.74) is 0.830. The molecule has 3 atom stereocenters. The minimum atomic E-state index is -0.0541.